The van der Waals surface area contributed by atoms with Crippen molar-refractivity contribution in [3.63, 3.8) is 0 Å². The Morgan fingerprint density at radius 2 is 1.50 bits per heavy atom. The van der Waals surface area contributed by atoms with E-state index in [1.54, 1.807) is 12.3 Å². The number of para-hydroxylation sites is 1. The van der Waals surface area contributed by atoms with Gasteiger partial charge in [-0.05, 0) is 33.7 Å². The summed E-state index contributed by atoms with van der Waals surface area (Å²) in [5.74, 6) is 0.252. The molecule has 0 aliphatic carbocycles. The average Bonchev–Trinajstić information content (AvgIpc) is 2.68. The highest BCUT2D eigenvalue weighted by atomic mass is 16.3. The predicted molar refractivity (Wildman–Crippen MR) is 111 cm³/mol. The van der Waals surface area contributed by atoms with Gasteiger partial charge in [-0.15, -0.1) is 6.58 Å². The summed E-state index contributed by atoms with van der Waals surface area (Å²) in [6, 6.07) is 24.6. The molecule has 2 nitrogen and oxygen atoms in total. The Balaban J connectivity index is 2.04. The maximum absolute atomic E-state index is 10.9. The third-order valence-electron chi connectivity index (χ3n) is 4.57. The lowest BCUT2D eigenvalue weighted by atomic mass is 9.91. The Hall–Kier alpha value is -3.39. The fourth-order valence-electron chi connectivity index (χ4n) is 3.40. The molecule has 0 amide bonds. The van der Waals surface area contributed by atoms with Crippen molar-refractivity contribution in [3.8, 4) is 16.9 Å². The second-order valence-corrected chi connectivity index (χ2v) is 6.22. The van der Waals surface area contributed by atoms with E-state index in [-0.39, 0.29) is 5.75 Å². The zero-order valence-electron chi connectivity index (χ0n) is 14.4. The van der Waals surface area contributed by atoms with E-state index in [2.05, 4.69) is 41.9 Å². The van der Waals surface area contributed by atoms with Crippen molar-refractivity contribution in [2.75, 3.05) is 6.54 Å². The molecule has 0 heterocycles. The zero-order valence-corrected chi connectivity index (χ0v) is 14.4. The van der Waals surface area contributed by atoms with Crippen molar-refractivity contribution >= 4 is 27.8 Å². The molecule has 0 bridgehead atoms. The molecule has 0 aliphatic heterocycles. The van der Waals surface area contributed by atoms with Gasteiger partial charge in [0.2, 0.25) is 0 Å². The van der Waals surface area contributed by atoms with Crippen LogP contribution in [0.5, 0.6) is 5.75 Å². The van der Waals surface area contributed by atoms with Gasteiger partial charge in [0.1, 0.15) is 5.75 Å². The second kappa shape index (κ2) is 6.85. The first kappa shape index (κ1) is 16.1. The second-order valence-electron chi connectivity index (χ2n) is 6.22. The van der Waals surface area contributed by atoms with Crippen molar-refractivity contribution < 1.29 is 5.11 Å². The molecule has 0 saturated carbocycles. The zero-order chi connectivity index (χ0) is 17.9. The number of fused-ring (bicyclic) bond motifs is 2. The molecule has 2 heteroatoms. The summed E-state index contributed by atoms with van der Waals surface area (Å²) in [6.45, 7) is 4.20. The molecule has 126 valence electrons. The Bertz CT molecular complexity index is 1090. The number of benzene rings is 4. The molecular formula is C24H19NO. The van der Waals surface area contributed by atoms with Gasteiger partial charge in [-0.2, -0.15) is 0 Å². The monoisotopic (exact) mass is 337 g/mol. The van der Waals surface area contributed by atoms with Crippen LogP contribution in [0.4, 0.5) is 0 Å². The number of phenolic OH excluding ortho intramolecular Hbond substituents is 1. The Labute approximate surface area is 152 Å². The number of nitrogens with zero attached hydrogens (tertiary/aromatic N) is 1. The van der Waals surface area contributed by atoms with Crippen LogP contribution in [-0.4, -0.2) is 17.9 Å². The van der Waals surface area contributed by atoms with Gasteiger partial charge in [-0.3, -0.25) is 4.99 Å². The van der Waals surface area contributed by atoms with E-state index in [0.717, 1.165) is 32.7 Å². The number of hydrogen-bond acceptors (Lipinski definition) is 2. The summed E-state index contributed by atoms with van der Waals surface area (Å²) in [7, 11) is 0. The maximum atomic E-state index is 10.9. The highest BCUT2D eigenvalue weighted by Gasteiger charge is 2.14. The first-order valence-electron chi connectivity index (χ1n) is 8.63. The first-order valence-corrected chi connectivity index (χ1v) is 8.63. The minimum Gasteiger partial charge on any atom is -0.507 e. The largest absolute Gasteiger partial charge is 0.507 e. The van der Waals surface area contributed by atoms with E-state index < -0.39 is 0 Å². The van der Waals surface area contributed by atoms with Crippen LogP contribution >= 0.6 is 0 Å². The molecule has 1 N–H and O–H groups in total. The lowest BCUT2D eigenvalue weighted by Gasteiger charge is -2.14. The molecule has 26 heavy (non-hydrogen) atoms. The molecule has 0 radical (unpaired) electrons. The number of aromatic hydroxyl groups is 1. The van der Waals surface area contributed by atoms with E-state index in [9.17, 15) is 5.11 Å². The van der Waals surface area contributed by atoms with Gasteiger partial charge in [0.25, 0.3) is 0 Å². The van der Waals surface area contributed by atoms with Crippen LogP contribution in [0.15, 0.2) is 90.4 Å². The van der Waals surface area contributed by atoms with E-state index >= 15 is 0 Å². The SMILES string of the molecule is C=CCN=Cc1cccc(-c2c3ccccc3cc3ccccc23)c1O. The van der Waals surface area contributed by atoms with Gasteiger partial charge < -0.3 is 5.11 Å². The topological polar surface area (TPSA) is 32.6 Å². The van der Waals surface area contributed by atoms with Gasteiger partial charge in [-0.25, -0.2) is 0 Å². The summed E-state index contributed by atoms with van der Waals surface area (Å²) in [5.41, 5.74) is 2.58. The molecule has 0 fully saturated rings. The van der Waals surface area contributed by atoms with Crippen LogP contribution < -0.4 is 0 Å². The molecule has 0 atom stereocenters. The summed E-state index contributed by atoms with van der Waals surface area (Å²) in [6.07, 6.45) is 3.43. The summed E-state index contributed by atoms with van der Waals surface area (Å²) in [4.78, 5) is 4.28. The van der Waals surface area contributed by atoms with Crippen LogP contribution in [0.25, 0.3) is 32.7 Å². The predicted octanol–water partition coefficient (Wildman–Crippen LogP) is 5.97. The van der Waals surface area contributed by atoms with Gasteiger partial charge in [0.05, 0.1) is 6.54 Å². The van der Waals surface area contributed by atoms with Crippen LogP contribution in [-0.2, 0) is 0 Å². The average molecular weight is 337 g/mol. The van der Waals surface area contributed by atoms with Crippen LogP contribution in [0.2, 0.25) is 0 Å². The molecule has 0 saturated heterocycles. The molecule has 0 aliphatic rings. The lowest BCUT2D eigenvalue weighted by Crippen LogP contribution is -1.90. The van der Waals surface area contributed by atoms with Crippen LogP contribution in [0, 0.1) is 0 Å². The standard InChI is InChI=1S/C24H19NO/c1-2-14-25-16-19-10-7-13-22(24(19)26)23-20-11-5-3-8-17(20)15-18-9-4-6-12-21(18)23/h2-13,15-16,26H,1,14H2. The van der Waals surface area contributed by atoms with Gasteiger partial charge in [0, 0.05) is 22.9 Å². The van der Waals surface area contributed by atoms with Gasteiger partial charge in [0.15, 0.2) is 0 Å². The number of hydrogen-bond donors (Lipinski definition) is 1. The first-order chi connectivity index (χ1) is 12.8. The molecule has 0 aromatic heterocycles. The quantitative estimate of drug-likeness (QED) is 0.278. The fourth-order valence-corrected chi connectivity index (χ4v) is 3.40. The Morgan fingerprint density at radius 1 is 0.846 bits per heavy atom. The van der Waals surface area contributed by atoms with Crippen LogP contribution in [0.3, 0.4) is 0 Å². The van der Waals surface area contributed by atoms with E-state index in [0.29, 0.717) is 12.1 Å². The van der Waals surface area contributed by atoms with Crippen molar-refractivity contribution in [3.05, 3.63) is 91.0 Å². The van der Waals surface area contributed by atoms with Crippen molar-refractivity contribution in [2.45, 2.75) is 0 Å². The van der Waals surface area contributed by atoms with E-state index in [1.807, 2.05) is 42.5 Å². The molecular weight excluding hydrogens is 318 g/mol. The smallest absolute Gasteiger partial charge is 0.132 e. The number of rotatable bonds is 4. The Kier molecular flexibility index (Phi) is 4.24. The third kappa shape index (κ3) is 2.76. The summed E-state index contributed by atoms with van der Waals surface area (Å²) in [5, 5.41) is 15.5. The maximum Gasteiger partial charge on any atom is 0.132 e. The molecule has 4 aromatic carbocycles. The van der Waals surface area contributed by atoms with Crippen molar-refractivity contribution in [2.24, 2.45) is 4.99 Å². The Morgan fingerprint density at radius 3 is 2.15 bits per heavy atom. The van der Waals surface area contributed by atoms with Crippen molar-refractivity contribution in [1.82, 2.24) is 0 Å². The summed E-state index contributed by atoms with van der Waals surface area (Å²) < 4.78 is 0. The van der Waals surface area contributed by atoms with Gasteiger partial charge >= 0.3 is 0 Å². The molecule has 0 unspecified atom stereocenters. The minimum absolute atomic E-state index is 0.252. The lowest BCUT2D eigenvalue weighted by molar-refractivity contribution is 0.476. The minimum atomic E-state index is 0.252. The van der Waals surface area contributed by atoms with Gasteiger partial charge in [-0.1, -0.05) is 66.7 Å². The highest BCUT2D eigenvalue weighted by molar-refractivity contribution is 6.14. The summed E-state index contributed by atoms with van der Waals surface area (Å²) >= 11 is 0. The van der Waals surface area contributed by atoms with E-state index in [4.69, 9.17) is 0 Å². The fraction of sp³-hybridized carbons (Fsp3) is 0.0417. The normalized spacial score (nSPS) is 11.4. The third-order valence-corrected chi connectivity index (χ3v) is 4.57. The van der Waals surface area contributed by atoms with Crippen molar-refractivity contribution in [1.29, 1.82) is 0 Å². The molecule has 0 spiro atoms. The molecule has 4 aromatic rings. The number of aliphatic imine (C=N–C) groups is 1. The van der Waals surface area contributed by atoms with E-state index in [1.165, 1.54) is 0 Å². The highest BCUT2D eigenvalue weighted by Crippen LogP contribution is 2.41. The molecule has 4 rings (SSSR count). The van der Waals surface area contributed by atoms with Crippen LogP contribution in [0.1, 0.15) is 5.56 Å². The number of phenols is 1.